The summed E-state index contributed by atoms with van der Waals surface area (Å²) in [6.45, 7) is -0.0619. The van der Waals surface area contributed by atoms with Crippen LogP contribution in [0.5, 0.6) is 0 Å². The molecule has 0 heterocycles. The van der Waals surface area contributed by atoms with Crippen molar-refractivity contribution < 1.29 is 17.7 Å². The molecule has 0 aliphatic carbocycles. The lowest BCUT2D eigenvalue weighted by atomic mass is 10.8. The number of hydrogen-bond donors (Lipinski definition) is 3. The summed E-state index contributed by atoms with van der Waals surface area (Å²) in [4.78, 5) is 0. The van der Waals surface area contributed by atoms with Crippen LogP contribution in [0.2, 0.25) is 0 Å². The van der Waals surface area contributed by atoms with E-state index in [2.05, 4.69) is 25.3 Å². The van der Waals surface area contributed by atoms with Gasteiger partial charge >= 0.3 is 0 Å². The first-order valence-corrected chi connectivity index (χ1v) is 5.57. The van der Waals surface area contributed by atoms with Gasteiger partial charge in [-0.05, 0) is 0 Å². The van der Waals surface area contributed by atoms with E-state index in [0.29, 0.717) is 5.75 Å². The molecule has 0 aromatic carbocycles. The third-order valence-corrected chi connectivity index (χ3v) is 2.44. The van der Waals surface area contributed by atoms with Gasteiger partial charge in [-0.2, -0.15) is 21.0 Å². The Balaban J connectivity index is 3.43. The van der Waals surface area contributed by atoms with Crippen LogP contribution in [0.4, 0.5) is 0 Å². The van der Waals surface area contributed by atoms with E-state index in [0.717, 1.165) is 0 Å². The summed E-state index contributed by atoms with van der Waals surface area (Å²) in [5, 5.41) is 0. The molecule has 0 radical (unpaired) electrons. The fraction of sp³-hybridized carbons (Fsp3) is 1.00. The zero-order chi connectivity index (χ0) is 8.91. The van der Waals surface area contributed by atoms with E-state index in [1.807, 2.05) is 0 Å². The molecule has 0 fully saturated rings. The lowest BCUT2D eigenvalue weighted by Gasteiger charge is -2.07. The van der Waals surface area contributed by atoms with Crippen molar-refractivity contribution in [1.29, 1.82) is 0 Å². The van der Waals surface area contributed by atoms with Gasteiger partial charge in [0.1, 0.15) is 5.44 Å². The minimum atomic E-state index is -3.91. The topological polar surface area (TPSA) is 63.6 Å². The van der Waals surface area contributed by atoms with E-state index in [1.54, 1.807) is 0 Å². The van der Waals surface area contributed by atoms with Gasteiger partial charge in [0.05, 0.1) is 12.4 Å². The molecule has 0 bridgehead atoms. The SMILES string of the molecule is O=S(=O)(O)CCOC(S)CS. The Kier molecular flexibility index (Phi) is 5.53. The largest absolute Gasteiger partial charge is 0.366 e. The fourth-order valence-corrected chi connectivity index (χ4v) is 0.860. The van der Waals surface area contributed by atoms with Gasteiger partial charge in [0, 0.05) is 5.75 Å². The molecule has 0 saturated carbocycles. The summed E-state index contributed by atoms with van der Waals surface area (Å²) in [7, 11) is -3.91. The van der Waals surface area contributed by atoms with E-state index in [1.165, 1.54) is 0 Å². The Labute approximate surface area is 76.9 Å². The maximum atomic E-state index is 10.1. The molecule has 0 amide bonds. The van der Waals surface area contributed by atoms with Crippen molar-refractivity contribution in [3.05, 3.63) is 0 Å². The zero-order valence-corrected chi connectivity index (χ0v) is 8.28. The maximum absolute atomic E-state index is 10.1. The normalized spacial score (nSPS) is 14.8. The Morgan fingerprint density at radius 2 is 2.09 bits per heavy atom. The smallest absolute Gasteiger partial charge is 0.267 e. The number of hydrogen-bond acceptors (Lipinski definition) is 5. The predicted molar refractivity (Wildman–Crippen MR) is 49.0 cm³/mol. The first-order valence-electron chi connectivity index (χ1n) is 2.81. The van der Waals surface area contributed by atoms with Crippen LogP contribution in [0.1, 0.15) is 0 Å². The Morgan fingerprint density at radius 1 is 1.55 bits per heavy atom. The summed E-state index contributed by atoms with van der Waals surface area (Å²) in [5.41, 5.74) is -0.389. The van der Waals surface area contributed by atoms with Crippen LogP contribution in [-0.2, 0) is 14.9 Å². The second-order valence-corrected chi connectivity index (χ2v) is 4.31. The van der Waals surface area contributed by atoms with Crippen LogP contribution in [0.3, 0.4) is 0 Å². The molecule has 4 nitrogen and oxygen atoms in total. The summed E-state index contributed by atoms with van der Waals surface area (Å²) in [5.74, 6) is -0.00751. The second-order valence-electron chi connectivity index (χ2n) is 1.79. The molecule has 1 unspecified atom stereocenters. The first-order chi connectivity index (χ1) is 4.95. The minimum absolute atomic E-state index is 0.0619. The molecule has 0 aliphatic rings. The fourth-order valence-electron chi connectivity index (χ4n) is 0.342. The molecule has 0 aromatic rings. The van der Waals surface area contributed by atoms with E-state index in [4.69, 9.17) is 9.29 Å². The Morgan fingerprint density at radius 3 is 2.45 bits per heavy atom. The third-order valence-electron chi connectivity index (χ3n) is 0.808. The van der Waals surface area contributed by atoms with E-state index in [9.17, 15) is 8.42 Å². The lowest BCUT2D eigenvalue weighted by Crippen LogP contribution is -2.15. The molecule has 0 aromatic heterocycles. The molecule has 0 rings (SSSR count). The summed E-state index contributed by atoms with van der Waals surface area (Å²) < 4.78 is 33.3. The summed E-state index contributed by atoms with van der Waals surface area (Å²) >= 11 is 7.73. The molecule has 68 valence electrons. The average Bonchev–Trinajstić information content (AvgIpc) is 1.85. The van der Waals surface area contributed by atoms with Crippen LogP contribution < -0.4 is 0 Å². The first kappa shape index (κ1) is 11.6. The molecule has 7 heteroatoms. The van der Waals surface area contributed by atoms with E-state index >= 15 is 0 Å². The highest BCUT2D eigenvalue weighted by atomic mass is 32.2. The zero-order valence-electron chi connectivity index (χ0n) is 5.67. The molecular weight excluding hydrogens is 208 g/mol. The molecule has 0 saturated heterocycles. The van der Waals surface area contributed by atoms with Crippen molar-refractivity contribution in [2.75, 3.05) is 18.1 Å². The minimum Gasteiger partial charge on any atom is -0.366 e. The molecule has 1 atom stereocenters. The van der Waals surface area contributed by atoms with Crippen molar-refractivity contribution in [3.63, 3.8) is 0 Å². The van der Waals surface area contributed by atoms with Crippen LogP contribution in [0, 0.1) is 0 Å². The van der Waals surface area contributed by atoms with Gasteiger partial charge in [0.15, 0.2) is 0 Å². The third kappa shape index (κ3) is 8.48. The van der Waals surface area contributed by atoms with Crippen molar-refractivity contribution >= 4 is 35.4 Å². The van der Waals surface area contributed by atoms with E-state index < -0.39 is 15.9 Å². The highest BCUT2D eigenvalue weighted by molar-refractivity contribution is 7.85. The molecule has 0 aliphatic heterocycles. The molecular formula is C4H10O4S3. The average molecular weight is 218 g/mol. The maximum Gasteiger partial charge on any atom is 0.267 e. The van der Waals surface area contributed by atoms with Crippen molar-refractivity contribution in [1.82, 2.24) is 0 Å². The molecule has 0 spiro atoms. The van der Waals surface area contributed by atoms with Crippen molar-refractivity contribution in [2.24, 2.45) is 0 Å². The predicted octanol–water partition coefficient (Wildman–Crippen LogP) is 0.0765. The van der Waals surface area contributed by atoms with Gasteiger partial charge in [0.2, 0.25) is 0 Å². The Bertz CT molecular complexity index is 188. The van der Waals surface area contributed by atoms with Gasteiger partial charge in [-0.3, -0.25) is 4.55 Å². The van der Waals surface area contributed by atoms with Crippen molar-refractivity contribution in [2.45, 2.75) is 5.44 Å². The van der Waals surface area contributed by atoms with Gasteiger partial charge in [-0.1, -0.05) is 0 Å². The monoisotopic (exact) mass is 218 g/mol. The summed E-state index contributed by atoms with van der Waals surface area (Å²) in [6.07, 6.45) is 0. The van der Waals surface area contributed by atoms with Crippen molar-refractivity contribution in [3.8, 4) is 0 Å². The summed E-state index contributed by atoms with van der Waals surface area (Å²) in [6, 6.07) is 0. The molecule has 11 heavy (non-hydrogen) atoms. The number of ether oxygens (including phenoxy) is 1. The van der Waals surface area contributed by atoms with Crippen LogP contribution >= 0.6 is 25.3 Å². The van der Waals surface area contributed by atoms with Crippen LogP contribution in [0.15, 0.2) is 0 Å². The van der Waals surface area contributed by atoms with Crippen LogP contribution in [0.25, 0.3) is 0 Å². The second kappa shape index (κ2) is 5.26. The Hall–Kier alpha value is 0.570. The van der Waals surface area contributed by atoms with Gasteiger partial charge in [-0.15, -0.1) is 12.6 Å². The van der Waals surface area contributed by atoms with Gasteiger partial charge in [-0.25, -0.2) is 0 Å². The standard InChI is InChI=1S/C4H10O4S3/c5-11(6,7)2-1-8-4(10)3-9/h4,9-10H,1-3H2,(H,5,6,7). The highest BCUT2D eigenvalue weighted by Crippen LogP contribution is 1.99. The number of thiol groups is 2. The van der Waals surface area contributed by atoms with E-state index in [-0.39, 0.29) is 12.0 Å². The van der Waals surface area contributed by atoms with Crippen LogP contribution in [-0.4, -0.2) is 36.5 Å². The quantitative estimate of drug-likeness (QED) is 0.347. The van der Waals surface area contributed by atoms with Gasteiger partial charge < -0.3 is 4.74 Å². The highest BCUT2D eigenvalue weighted by Gasteiger charge is 2.05. The number of rotatable bonds is 5. The van der Waals surface area contributed by atoms with Gasteiger partial charge in [0.25, 0.3) is 10.1 Å². The molecule has 1 N–H and O–H groups in total. The lowest BCUT2D eigenvalue weighted by molar-refractivity contribution is 0.142.